The van der Waals surface area contributed by atoms with Crippen molar-refractivity contribution in [3.63, 3.8) is 0 Å². The highest BCUT2D eigenvalue weighted by atomic mass is 16.7. The molecule has 1 saturated heterocycles. The molecule has 1 heterocycles. The third kappa shape index (κ3) is 1.80. The van der Waals surface area contributed by atoms with E-state index in [9.17, 15) is 15.3 Å². The van der Waals surface area contributed by atoms with Gasteiger partial charge in [0.25, 0.3) is 0 Å². The molecule has 1 rings (SSSR count). The van der Waals surface area contributed by atoms with Crippen molar-refractivity contribution in [2.24, 2.45) is 5.11 Å². The van der Waals surface area contributed by atoms with Crippen LogP contribution in [0.25, 0.3) is 10.4 Å². The van der Waals surface area contributed by atoms with Gasteiger partial charge >= 0.3 is 0 Å². The van der Waals surface area contributed by atoms with Gasteiger partial charge in [-0.1, -0.05) is 5.11 Å². The predicted octanol–water partition coefficient (Wildman–Crippen LogP) is -1.90. The molecule has 0 bridgehead atoms. The molecule has 0 spiro atoms. The van der Waals surface area contributed by atoms with Gasteiger partial charge in [-0.2, -0.15) is 0 Å². The van der Waals surface area contributed by atoms with Crippen molar-refractivity contribution in [1.29, 1.82) is 0 Å². The molecule has 0 amide bonds. The molecule has 0 aliphatic carbocycles. The average Bonchev–Trinajstić information content (AvgIpc) is 2.19. The van der Waals surface area contributed by atoms with Crippen LogP contribution in [0, 0.1) is 0 Å². The van der Waals surface area contributed by atoms with E-state index in [2.05, 4.69) is 10.0 Å². The van der Waals surface area contributed by atoms with Crippen molar-refractivity contribution in [2.75, 3.05) is 13.2 Å². The zero-order valence-corrected chi connectivity index (χ0v) is 7.19. The summed E-state index contributed by atoms with van der Waals surface area (Å²) in [5.41, 5.74) is 8.11. The quantitative estimate of drug-likeness (QED) is 0.237. The summed E-state index contributed by atoms with van der Waals surface area (Å²) in [6, 6.07) is -0.971. The third-order valence-corrected chi connectivity index (χ3v) is 2.11. The van der Waals surface area contributed by atoms with Crippen LogP contribution in [0.5, 0.6) is 0 Å². The lowest BCUT2D eigenvalue weighted by molar-refractivity contribution is -0.315. The highest BCUT2D eigenvalue weighted by Gasteiger charge is 2.48. The Morgan fingerprint density at radius 3 is 2.71 bits per heavy atom. The second-order valence-corrected chi connectivity index (χ2v) is 3.02. The van der Waals surface area contributed by atoms with Crippen LogP contribution >= 0.6 is 0 Å². The second-order valence-electron chi connectivity index (χ2n) is 3.02. The number of aliphatic hydroxyl groups excluding tert-OH is 3. The largest absolute Gasteiger partial charge is 0.391 e. The summed E-state index contributed by atoms with van der Waals surface area (Å²) in [7, 11) is 0. The van der Waals surface area contributed by atoms with E-state index in [-0.39, 0.29) is 6.61 Å². The molecule has 1 aliphatic heterocycles. The first kappa shape index (κ1) is 11.2. The molecular weight excluding hydrogens is 194 g/mol. The van der Waals surface area contributed by atoms with Crippen molar-refractivity contribution in [1.82, 2.24) is 0 Å². The normalized spacial score (nSPS) is 43.0. The van der Waals surface area contributed by atoms with Crippen LogP contribution in [0.4, 0.5) is 0 Å². The standard InChI is InChI=1S/C6H11N3O5/c7-9-8-3-1-14-6(13,2-10)5(12)4(3)11/h3-5,10-13H,1-2H2/t3-,4-,5+,6+/m1/s1. The van der Waals surface area contributed by atoms with E-state index in [0.29, 0.717) is 0 Å². The fourth-order valence-electron chi connectivity index (χ4n) is 1.20. The van der Waals surface area contributed by atoms with Crippen LogP contribution in [0.2, 0.25) is 0 Å². The third-order valence-electron chi connectivity index (χ3n) is 2.11. The lowest BCUT2D eigenvalue weighted by Gasteiger charge is -2.40. The predicted molar refractivity (Wildman–Crippen MR) is 42.9 cm³/mol. The fourth-order valence-corrected chi connectivity index (χ4v) is 1.20. The van der Waals surface area contributed by atoms with Gasteiger partial charge in [0.2, 0.25) is 5.79 Å². The van der Waals surface area contributed by atoms with Gasteiger partial charge in [-0.25, -0.2) is 0 Å². The molecule has 1 aliphatic rings. The first-order valence-corrected chi connectivity index (χ1v) is 3.92. The Hall–Kier alpha value is -0.890. The molecule has 4 N–H and O–H groups in total. The van der Waals surface area contributed by atoms with E-state index < -0.39 is 30.6 Å². The number of azide groups is 1. The number of rotatable bonds is 2. The van der Waals surface area contributed by atoms with E-state index in [1.165, 1.54) is 0 Å². The molecule has 0 aromatic heterocycles. The van der Waals surface area contributed by atoms with E-state index in [4.69, 9.17) is 15.4 Å². The summed E-state index contributed by atoms with van der Waals surface area (Å²) in [5.74, 6) is -2.19. The molecule has 0 saturated carbocycles. The lowest BCUT2D eigenvalue weighted by Crippen LogP contribution is -2.62. The zero-order valence-electron chi connectivity index (χ0n) is 7.19. The Bertz CT molecular complexity index is 256. The van der Waals surface area contributed by atoms with E-state index in [0.717, 1.165) is 0 Å². The maximum absolute atomic E-state index is 9.39. The van der Waals surface area contributed by atoms with Gasteiger partial charge in [0.1, 0.15) is 6.10 Å². The number of aliphatic hydroxyl groups is 4. The van der Waals surface area contributed by atoms with Gasteiger partial charge in [0, 0.05) is 4.91 Å². The number of hydrogen-bond donors (Lipinski definition) is 4. The summed E-state index contributed by atoms with van der Waals surface area (Å²) < 4.78 is 4.69. The summed E-state index contributed by atoms with van der Waals surface area (Å²) in [5, 5.41) is 40.0. The van der Waals surface area contributed by atoms with E-state index in [1.807, 2.05) is 0 Å². The average molecular weight is 205 g/mol. The van der Waals surface area contributed by atoms with Crippen LogP contribution in [0.15, 0.2) is 5.11 Å². The lowest BCUT2D eigenvalue weighted by atomic mass is 9.96. The highest BCUT2D eigenvalue weighted by molar-refractivity contribution is 4.94. The van der Waals surface area contributed by atoms with Crippen molar-refractivity contribution in [3.8, 4) is 0 Å². The minimum Gasteiger partial charge on any atom is -0.391 e. The SMILES string of the molecule is [N-]=[N+]=N[C@@H]1CO[C@@](O)(CO)[C@@H](O)[C@@H]1O. The molecule has 8 nitrogen and oxygen atoms in total. The fraction of sp³-hybridized carbons (Fsp3) is 1.00. The van der Waals surface area contributed by atoms with Crippen LogP contribution in [0.1, 0.15) is 0 Å². The molecule has 14 heavy (non-hydrogen) atoms. The Kier molecular flexibility index (Phi) is 3.27. The first-order valence-electron chi connectivity index (χ1n) is 3.92. The van der Waals surface area contributed by atoms with Gasteiger partial charge in [0.05, 0.1) is 25.4 Å². The van der Waals surface area contributed by atoms with Crippen LogP contribution in [0.3, 0.4) is 0 Å². The van der Waals surface area contributed by atoms with Gasteiger partial charge in [-0.3, -0.25) is 0 Å². The van der Waals surface area contributed by atoms with Crippen molar-refractivity contribution >= 4 is 0 Å². The maximum Gasteiger partial charge on any atom is 0.218 e. The number of nitrogens with zero attached hydrogens (tertiary/aromatic N) is 3. The molecule has 0 aromatic rings. The Morgan fingerprint density at radius 2 is 2.21 bits per heavy atom. The summed E-state index contributed by atoms with van der Waals surface area (Å²) in [6.07, 6.45) is -3.17. The van der Waals surface area contributed by atoms with E-state index >= 15 is 0 Å². The van der Waals surface area contributed by atoms with Crippen LogP contribution in [-0.4, -0.2) is 57.7 Å². The Balaban J connectivity index is 2.78. The van der Waals surface area contributed by atoms with Gasteiger partial charge in [-0.05, 0) is 5.53 Å². The Labute approximate surface area is 79.0 Å². The smallest absolute Gasteiger partial charge is 0.218 e. The molecule has 1 fully saturated rings. The maximum atomic E-state index is 9.39. The summed E-state index contributed by atoms with van der Waals surface area (Å²) >= 11 is 0. The van der Waals surface area contributed by atoms with Gasteiger partial charge < -0.3 is 25.2 Å². The van der Waals surface area contributed by atoms with Crippen LogP contribution < -0.4 is 0 Å². The second kappa shape index (κ2) is 4.09. The summed E-state index contributed by atoms with van der Waals surface area (Å²) in [6.45, 7) is -1.12. The monoisotopic (exact) mass is 205 g/mol. The molecule has 0 aromatic carbocycles. The molecular formula is C6H11N3O5. The van der Waals surface area contributed by atoms with Gasteiger partial charge in [-0.15, -0.1) is 0 Å². The zero-order chi connectivity index (χ0) is 10.8. The van der Waals surface area contributed by atoms with Gasteiger partial charge in [0.15, 0.2) is 0 Å². The molecule has 0 radical (unpaired) electrons. The van der Waals surface area contributed by atoms with Crippen molar-refractivity contribution in [2.45, 2.75) is 24.0 Å². The molecule has 4 atom stereocenters. The highest BCUT2D eigenvalue weighted by Crippen LogP contribution is 2.24. The topological polar surface area (TPSA) is 139 Å². The number of ether oxygens (including phenoxy) is 1. The molecule has 80 valence electrons. The minimum atomic E-state index is -2.19. The molecule has 0 unspecified atom stereocenters. The minimum absolute atomic E-state index is 0.265. The summed E-state index contributed by atoms with van der Waals surface area (Å²) in [4.78, 5) is 2.45. The van der Waals surface area contributed by atoms with Crippen molar-refractivity contribution < 1.29 is 25.2 Å². The molecule has 8 heteroatoms. The van der Waals surface area contributed by atoms with Crippen molar-refractivity contribution in [3.05, 3.63) is 10.4 Å². The Morgan fingerprint density at radius 1 is 1.57 bits per heavy atom. The van der Waals surface area contributed by atoms with E-state index in [1.54, 1.807) is 0 Å². The van der Waals surface area contributed by atoms with Crippen LogP contribution in [-0.2, 0) is 4.74 Å². The first-order chi connectivity index (χ1) is 6.55. The number of hydrogen-bond acceptors (Lipinski definition) is 6.